The number of nitrogens with zero attached hydrogens (tertiary/aromatic N) is 2. The predicted octanol–water partition coefficient (Wildman–Crippen LogP) is 1.23. The molecule has 62 valence electrons. The lowest BCUT2D eigenvalue weighted by atomic mass is 10.4. The topological polar surface area (TPSA) is 51.8 Å². The Balaban J connectivity index is 2.65. The van der Waals surface area contributed by atoms with Gasteiger partial charge in [-0.05, 0) is 0 Å². The van der Waals surface area contributed by atoms with E-state index in [9.17, 15) is 13.2 Å². The van der Waals surface area contributed by atoms with Gasteiger partial charge in [-0.1, -0.05) is 11.3 Å². The van der Waals surface area contributed by atoms with Gasteiger partial charge in [-0.25, -0.2) is 0 Å². The highest BCUT2D eigenvalue weighted by atomic mass is 32.1. The van der Waals surface area contributed by atoms with Crippen LogP contribution in [-0.2, 0) is 6.42 Å². The SMILES string of the molecule is Nc1nnc(CC(F)(F)F)s1. The van der Waals surface area contributed by atoms with Gasteiger partial charge in [0.2, 0.25) is 5.13 Å². The third-order valence-electron chi connectivity index (χ3n) is 0.834. The van der Waals surface area contributed by atoms with Crippen molar-refractivity contribution in [3.8, 4) is 0 Å². The molecule has 7 heteroatoms. The molecular weight excluding hydrogens is 179 g/mol. The van der Waals surface area contributed by atoms with Gasteiger partial charge >= 0.3 is 6.18 Å². The standard InChI is InChI=1S/C4H4F3N3S/c5-4(6,7)1-2-9-10-3(8)11-2/h1H2,(H2,8,10). The van der Waals surface area contributed by atoms with Crippen molar-refractivity contribution < 1.29 is 13.2 Å². The highest BCUT2D eigenvalue weighted by Crippen LogP contribution is 2.23. The van der Waals surface area contributed by atoms with Crippen molar-refractivity contribution in [2.45, 2.75) is 12.6 Å². The van der Waals surface area contributed by atoms with E-state index in [0.717, 1.165) is 11.3 Å². The van der Waals surface area contributed by atoms with Crippen molar-refractivity contribution in [3.63, 3.8) is 0 Å². The van der Waals surface area contributed by atoms with E-state index < -0.39 is 12.6 Å². The minimum atomic E-state index is -4.23. The van der Waals surface area contributed by atoms with Crippen LogP contribution in [0.3, 0.4) is 0 Å². The second kappa shape index (κ2) is 2.65. The molecule has 1 heterocycles. The van der Waals surface area contributed by atoms with Crippen LogP contribution in [0.2, 0.25) is 0 Å². The van der Waals surface area contributed by atoms with Gasteiger partial charge in [0.25, 0.3) is 0 Å². The normalized spacial score (nSPS) is 11.9. The summed E-state index contributed by atoms with van der Waals surface area (Å²) in [7, 11) is 0. The van der Waals surface area contributed by atoms with Crippen LogP contribution in [0.4, 0.5) is 18.3 Å². The number of anilines is 1. The molecule has 11 heavy (non-hydrogen) atoms. The molecular formula is C4H4F3N3S. The molecule has 0 bridgehead atoms. The molecule has 0 atom stereocenters. The van der Waals surface area contributed by atoms with Crippen molar-refractivity contribution in [1.29, 1.82) is 0 Å². The van der Waals surface area contributed by atoms with E-state index in [-0.39, 0.29) is 10.1 Å². The summed E-state index contributed by atoms with van der Waals surface area (Å²) in [6.07, 6.45) is -5.28. The highest BCUT2D eigenvalue weighted by Gasteiger charge is 2.29. The summed E-state index contributed by atoms with van der Waals surface area (Å²) in [5, 5.41) is 6.43. The van der Waals surface area contributed by atoms with Gasteiger partial charge in [-0.15, -0.1) is 10.2 Å². The second-order valence-electron chi connectivity index (χ2n) is 1.83. The fraction of sp³-hybridized carbons (Fsp3) is 0.500. The molecule has 0 saturated heterocycles. The molecule has 1 aromatic rings. The van der Waals surface area contributed by atoms with Crippen molar-refractivity contribution >= 4 is 16.5 Å². The van der Waals surface area contributed by atoms with Gasteiger partial charge in [-0.3, -0.25) is 0 Å². The second-order valence-corrected chi connectivity index (χ2v) is 2.92. The van der Waals surface area contributed by atoms with Crippen LogP contribution in [0.1, 0.15) is 5.01 Å². The number of alkyl halides is 3. The van der Waals surface area contributed by atoms with E-state index >= 15 is 0 Å². The Bertz CT molecular complexity index is 243. The molecule has 0 unspecified atom stereocenters. The first-order valence-electron chi connectivity index (χ1n) is 2.62. The van der Waals surface area contributed by atoms with Crippen molar-refractivity contribution in [2.24, 2.45) is 0 Å². The van der Waals surface area contributed by atoms with Gasteiger partial charge in [0.1, 0.15) is 5.01 Å². The van der Waals surface area contributed by atoms with Gasteiger partial charge < -0.3 is 5.73 Å². The van der Waals surface area contributed by atoms with E-state index in [0.29, 0.717) is 0 Å². The van der Waals surface area contributed by atoms with Crippen molar-refractivity contribution in [2.75, 3.05) is 5.73 Å². The molecule has 0 fully saturated rings. The number of halogens is 3. The van der Waals surface area contributed by atoms with E-state index in [1.807, 2.05) is 0 Å². The highest BCUT2D eigenvalue weighted by molar-refractivity contribution is 7.15. The van der Waals surface area contributed by atoms with Crippen LogP contribution in [0.25, 0.3) is 0 Å². The lowest BCUT2D eigenvalue weighted by Gasteiger charge is -2.00. The van der Waals surface area contributed by atoms with Crippen LogP contribution in [0.5, 0.6) is 0 Å². The number of nitrogen functional groups attached to an aromatic ring is 1. The fourth-order valence-electron chi connectivity index (χ4n) is 0.509. The summed E-state index contributed by atoms with van der Waals surface area (Å²) < 4.78 is 34.9. The first-order valence-corrected chi connectivity index (χ1v) is 3.43. The summed E-state index contributed by atoms with van der Waals surface area (Å²) in [5.74, 6) is 0. The van der Waals surface area contributed by atoms with E-state index in [4.69, 9.17) is 5.73 Å². The van der Waals surface area contributed by atoms with Gasteiger partial charge in [0, 0.05) is 0 Å². The maximum atomic E-state index is 11.6. The minimum Gasteiger partial charge on any atom is -0.374 e. The molecule has 0 saturated carbocycles. The summed E-state index contributed by atoms with van der Waals surface area (Å²) in [4.78, 5) is 0. The van der Waals surface area contributed by atoms with Gasteiger partial charge in [-0.2, -0.15) is 13.2 Å². The molecule has 0 amide bonds. The zero-order valence-electron chi connectivity index (χ0n) is 5.22. The Hall–Kier alpha value is -0.850. The van der Waals surface area contributed by atoms with E-state index in [2.05, 4.69) is 10.2 Å². The Morgan fingerprint density at radius 1 is 1.36 bits per heavy atom. The first kappa shape index (κ1) is 8.25. The third-order valence-corrected chi connectivity index (χ3v) is 1.59. The minimum absolute atomic E-state index is 0.0595. The molecule has 0 aliphatic heterocycles. The van der Waals surface area contributed by atoms with Gasteiger partial charge in [0.15, 0.2) is 0 Å². The summed E-state index contributed by atoms with van der Waals surface area (Å²) in [6, 6.07) is 0. The summed E-state index contributed by atoms with van der Waals surface area (Å²) >= 11 is 0.750. The zero-order chi connectivity index (χ0) is 8.48. The Morgan fingerprint density at radius 3 is 2.36 bits per heavy atom. The summed E-state index contributed by atoms with van der Waals surface area (Å²) in [6.45, 7) is 0. The quantitative estimate of drug-likeness (QED) is 0.712. The first-order chi connectivity index (χ1) is 4.97. The lowest BCUT2D eigenvalue weighted by molar-refractivity contribution is -0.127. The molecule has 1 rings (SSSR count). The molecule has 2 N–H and O–H groups in total. The van der Waals surface area contributed by atoms with E-state index in [1.165, 1.54) is 0 Å². The van der Waals surface area contributed by atoms with Crippen LogP contribution >= 0.6 is 11.3 Å². The van der Waals surface area contributed by atoms with Crippen molar-refractivity contribution in [1.82, 2.24) is 10.2 Å². The Labute approximate surface area is 64.0 Å². The van der Waals surface area contributed by atoms with Crippen LogP contribution in [0, 0.1) is 0 Å². The molecule has 3 nitrogen and oxygen atoms in total. The molecule has 0 aliphatic rings. The average Bonchev–Trinajstić information content (AvgIpc) is 2.10. The summed E-state index contributed by atoms with van der Waals surface area (Å²) in [5.41, 5.74) is 5.08. The molecule has 0 aliphatic carbocycles. The van der Waals surface area contributed by atoms with Crippen LogP contribution in [-0.4, -0.2) is 16.4 Å². The molecule has 0 spiro atoms. The fourth-order valence-corrected chi connectivity index (χ4v) is 1.15. The van der Waals surface area contributed by atoms with Crippen LogP contribution < -0.4 is 5.73 Å². The Kier molecular flexibility index (Phi) is 1.99. The third kappa shape index (κ3) is 2.71. The Morgan fingerprint density at radius 2 is 2.00 bits per heavy atom. The molecule has 0 aromatic carbocycles. The number of nitrogens with two attached hydrogens (primary N) is 1. The number of hydrogen-bond acceptors (Lipinski definition) is 4. The number of rotatable bonds is 1. The number of hydrogen-bond donors (Lipinski definition) is 1. The van der Waals surface area contributed by atoms with Crippen molar-refractivity contribution in [3.05, 3.63) is 5.01 Å². The molecule has 1 aromatic heterocycles. The van der Waals surface area contributed by atoms with E-state index in [1.54, 1.807) is 0 Å². The van der Waals surface area contributed by atoms with Crippen LogP contribution in [0.15, 0.2) is 0 Å². The predicted molar refractivity (Wildman–Crippen MR) is 34.1 cm³/mol. The monoisotopic (exact) mass is 183 g/mol. The lowest BCUT2D eigenvalue weighted by Crippen LogP contribution is -2.11. The smallest absolute Gasteiger partial charge is 0.374 e. The maximum absolute atomic E-state index is 11.6. The average molecular weight is 183 g/mol. The largest absolute Gasteiger partial charge is 0.395 e. The maximum Gasteiger partial charge on any atom is 0.395 e. The number of aromatic nitrogens is 2. The molecule has 0 radical (unpaired) electrons. The van der Waals surface area contributed by atoms with Gasteiger partial charge in [0.05, 0.1) is 6.42 Å². The zero-order valence-corrected chi connectivity index (χ0v) is 6.04.